The maximum Gasteiger partial charge on any atom is 0.430 e. The number of carbonyl (C=O) groups excluding carboxylic acids is 1. The van der Waals surface area contributed by atoms with Crippen molar-refractivity contribution in [1.82, 2.24) is 5.01 Å². The number of ether oxygens (including phenoxy) is 1. The standard InChI is InChI=1S/C18H24N2O2/c1-12-6-8-13(9-7-12)19-16(2,3)14-10-11-17(4)18(14,5)20(19)15(21)22-17/h6-9,14H,10-11H2,1-5H3/t14-,17+,18-/m0/s1. The first-order valence-electron chi connectivity index (χ1n) is 8.12. The number of nitrogens with zero attached hydrogens (tertiary/aromatic N) is 2. The van der Waals surface area contributed by atoms with Crippen LogP contribution in [0.4, 0.5) is 10.5 Å². The molecule has 1 aromatic carbocycles. The van der Waals surface area contributed by atoms with Gasteiger partial charge in [-0.1, -0.05) is 17.7 Å². The molecule has 1 saturated carbocycles. The maximum absolute atomic E-state index is 12.7. The molecular weight excluding hydrogens is 276 g/mol. The predicted octanol–water partition coefficient (Wildman–Crippen LogP) is 3.89. The molecule has 0 radical (unpaired) electrons. The first kappa shape index (κ1) is 13.9. The van der Waals surface area contributed by atoms with Gasteiger partial charge in [-0.25, -0.2) is 9.80 Å². The van der Waals surface area contributed by atoms with Crippen molar-refractivity contribution in [2.24, 2.45) is 5.92 Å². The molecule has 3 atom stereocenters. The number of amides is 1. The van der Waals surface area contributed by atoms with Crippen molar-refractivity contribution in [2.45, 2.75) is 64.1 Å². The number of carbonyl (C=O) groups is 1. The maximum atomic E-state index is 12.7. The summed E-state index contributed by atoms with van der Waals surface area (Å²) >= 11 is 0. The van der Waals surface area contributed by atoms with Crippen LogP contribution in [-0.2, 0) is 4.74 Å². The highest BCUT2D eigenvalue weighted by atomic mass is 16.6. The second-order valence-corrected chi connectivity index (χ2v) is 7.95. The van der Waals surface area contributed by atoms with E-state index in [0.29, 0.717) is 5.92 Å². The molecule has 0 bridgehead atoms. The molecule has 118 valence electrons. The van der Waals surface area contributed by atoms with Gasteiger partial charge in [0.25, 0.3) is 0 Å². The van der Waals surface area contributed by atoms with Crippen LogP contribution in [0.3, 0.4) is 0 Å². The van der Waals surface area contributed by atoms with Crippen molar-refractivity contribution in [1.29, 1.82) is 0 Å². The Labute approximate surface area is 132 Å². The van der Waals surface area contributed by atoms with E-state index >= 15 is 0 Å². The van der Waals surface area contributed by atoms with Gasteiger partial charge < -0.3 is 4.74 Å². The van der Waals surface area contributed by atoms with Crippen molar-refractivity contribution in [3.8, 4) is 0 Å². The summed E-state index contributed by atoms with van der Waals surface area (Å²) in [5.41, 5.74) is 1.53. The van der Waals surface area contributed by atoms with Crippen LogP contribution in [-0.4, -0.2) is 27.8 Å². The lowest BCUT2D eigenvalue weighted by Gasteiger charge is -2.39. The van der Waals surface area contributed by atoms with Crippen LogP contribution in [0, 0.1) is 12.8 Å². The third kappa shape index (κ3) is 1.32. The summed E-state index contributed by atoms with van der Waals surface area (Å²) in [7, 11) is 0. The van der Waals surface area contributed by atoms with E-state index in [-0.39, 0.29) is 22.8 Å². The fourth-order valence-electron chi connectivity index (χ4n) is 5.14. The molecule has 0 spiro atoms. The van der Waals surface area contributed by atoms with Gasteiger partial charge in [0.2, 0.25) is 0 Å². The van der Waals surface area contributed by atoms with Crippen LogP contribution in [0.2, 0.25) is 0 Å². The summed E-state index contributed by atoms with van der Waals surface area (Å²) in [5.74, 6) is 0.401. The molecule has 4 nitrogen and oxygen atoms in total. The zero-order valence-corrected chi connectivity index (χ0v) is 14.0. The van der Waals surface area contributed by atoms with E-state index in [0.717, 1.165) is 18.5 Å². The molecule has 1 aromatic rings. The fourth-order valence-corrected chi connectivity index (χ4v) is 5.14. The van der Waals surface area contributed by atoms with E-state index in [1.807, 2.05) is 5.01 Å². The SMILES string of the molecule is Cc1ccc(N2N3C(=O)O[C@]4(C)CC[C@@H](C2(C)C)[C@]34C)cc1. The molecule has 2 aliphatic heterocycles. The summed E-state index contributed by atoms with van der Waals surface area (Å²) in [6.45, 7) is 10.9. The van der Waals surface area contributed by atoms with E-state index < -0.39 is 0 Å². The van der Waals surface area contributed by atoms with Crippen molar-refractivity contribution < 1.29 is 9.53 Å². The molecule has 1 amide bonds. The molecule has 4 rings (SSSR count). The third-order valence-corrected chi connectivity index (χ3v) is 6.46. The Balaban J connectivity index is 1.90. The highest BCUT2D eigenvalue weighted by molar-refractivity contribution is 5.78. The summed E-state index contributed by atoms with van der Waals surface area (Å²) in [4.78, 5) is 12.7. The minimum atomic E-state index is -0.383. The smallest absolute Gasteiger partial charge is 0.430 e. The van der Waals surface area contributed by atoms with E-state index in [1.54, 1.807) is 0 Å². The molecule has 0 N–H and O–H groups in total. The van der Waals surface area contributed by atoms with Crippen LogP contribution in [0.25, 0.3) is 0 Å². The van der Waals surface area contributed by atoms with Crippen molar-refractivity contribution in [3.05, 3.63) is 29.8 Å². The molecule has 2 heterocycles. The molecule has 22 heavy (non-hydrogen) atoms. The highest BCUT2D eigenvalue weighted by Crippen LogP contribution is 2.63. The Morgan fingerprint density at radius 1 is 1.09 bits per heavy atom. The van der Waals surface area contributed by atoms with Crippen molar-refractivity contribution in [3.63, 3.8) is 0 Å². The minimum Gasteiger partial charge on any atom is -0.439 e. The molecule has 3 aliphatic rings. The lowest BCUT2D eigenvalue weighted by Crippen LogP contribution is -2.54. The Morgan fingerprint density at radius 2 is 1.73 bits per heavy atom. The average molecular weight is 300 g/mol. The topological polar surface area (TPSA) is 32.8 Å². The number of aryl methyl sites for hydroxylation is 1. The van der Waals surface area contributed by atoms with E-state index in [1.165, 1.54) is 5.56 Å². The van der Waals surface area contributed by atoms with Crippen LogP contribution in [0.15, 0.2) is 24.3 Å². The molecule has 3 fully saturated rings. The van der Waals surface area contributed by atoms with Gasteiger partial charge in [0.1, 0.15) is 11.1 Å². The van der Waals surface area contributed by atoms with Crippen LogP contribution in [0.5, 0.6) is 0 Å². The number of anilines is 1. The van der Waals surface area contributed by atoms with Crippen LogP contribution >= 0.6 is 0 Å². The first-order chi connectivity index (χ1) is 10.2. The van der Waals surface area contributed by atoms with Gasteiger partial charge in [0.05, 0.1) is 11.2 Å². The first-order valence-corrected chi connectivity index (χ1v) is 8.12. The van der Waals surface area contributed by atoms with Gasteiger partial charge in [0.15, 0.2) is 0 Å². The minimum absolute atomic E-state index is 0.110. The van der Waals surface area contributed by atoms with Crippen LogP contribution in [0.1, 0.15) is 46.1 Å². The molecule has 4 heteroatoms. The van der Waals surface area contributed by atoms with Gasteiger partial charge in [-0.05, 0) is 59.6 Å². The fraction of sp³-hybridized carbons (Fsp3) is 0.611. The van der Waals surface area contributed by atoms with Crippen LogP contribution < -0.4 is 5.01 Å². The summed E-state index contributed by atoms with van der Waals surface area (Å²) < 4.78 is 5.82. The average Bonchev–Trinajstić information content (AvgIpc) is 2.87. The Morgan fingerprint density at radius 3 is 2.36 bits per heavy atom. The van der Waals surface area contributed by atoms with Crippen molar-refractivity contribution >= 4 is 11.8 Å². The molecule has 1 aliphatic carbocycles. The van der Waals surface area contributed by atoms with Gasteiger partial charge in [-0.2, -0.15) is 0 Å². The molecular formula is C18H24N2O2. The molecule has 2 saturated heterocycles. The number of hydrogen-bond acceptors (Lipinski definition) is 3. The quantitative estimate of drug-likeness (QED) is 0.789. The number of rotatable bonds is 1. The number of benzene rings is 1. The largest absolute Gasteiger partial charge is 0.439 e. The predicted molar refractivity (Wildman–Crippen MR) is 85.6 cm³/mol. The summed E-state index contributed by atoms with van der Waals surface area (Å²) in [5, 5.41) is 4.07. The third-order valence-electron chi connectivity index (χ3n) is 6.46. The summed E-state index contributed by atoms with van der Waals surface area (Å²) in [6.07, 6.45) is 1.83. The van der Waals surface area contributed by atoms with E-state index in [4.69, 9.17) is 4.74 Å². The Hall–Kier alpha value is -1.71. The lowest BCUT2D eigenvalue weighted by atomic mass is 9.74. The monoisotopic (exact) mass is 300 g/mol. The zero-order chi connectivity index (χ0) is 15.9. The second-order valence-electron chi connectivity index (χ2n) is 7.95. The van der Waals surface area contributed by atoms with Gasteiger partial charge in [-0.15, -0.1) is 0 Å². The molecule has 0 aromatic heterocycles. The van der Waals surface area contributed by atoms with Crippen molar-refractivity contribution in [2.75, 3.05) is 5.01 Å². The number of hydrazine groups is 1. The van der Waals surface area contributed by atoms with Gasteiger partial charge >= 0.3 is 6.09 Å². The Kier molecular flexibility index (Phi) is 2.39. The molecule has 0 unspecified atom stereocenters. The zero-order valence-electron chi connectivity index (χ0n) is 14.0. The highest BCUT2D eigenvalue weighted by Gasteiger charge is 2.76. The second kappa shape index (κ2) is 3.79. The van der Waals surface area contributed by atoms with Gasteiger partial charge in [-0.3, -0.25) is 5.01 Å². The lowest BCUT2D eigenvalue weighted by molar-refractivity contribution is 0.0271. The Bertz CT molecular complexity index is 654. The van der Waals surface area contributed by atoms with E-state index in [2.05, 4.69) is 63.9 Å². The summed E-state index contributed by atoms with van der Waals surface area (Å²) in [6, 6.07) is 8.40. The normalized spacial score (nSPS) is 38.4. The number of hydrogen-bond donors (Lipinski definition) is 0. The van der Waals surface area contributed by atoms with Gasteiger partial charge in [0, 0.05) is 5.92 Å². The van der Waals surface area contributed by atoms with E-state index in [9.17, 15) is 4.79 Å².